The smallest absolute Gasteiger partial charge is 0.427 e. The first-order chi connectivity index (χ1) is 18.3. The first kappa shape index (κ1) is 29.7. The van der Waals surface area contributed by atoms with E-state index in [4.69, 9.17) is 9.05 Å². The average molecular weight is 768 g/mol. The standard InChI is InChI=1S/C31H31I2O5P/c1-18-10-24(11-19(2)26(18)14-22-6-8-30(34)28(32)16-22)37-39(5,36)38-25-12-20(3)27(21(4)13-25)15-23-7-9-31(35)29(33)17-23/h6-13,16-17,34-35H,14-15H2,1-5H3. The molecular formula is C31H31I2O5P. The van der Waals surface area contributed by atoms with Gasteiger partial charge in [0.2, 0.25) is 0 Å². The third-order valence-corrected chi connectivity index (χ3v) is 9.48. The van der Waals surface area contributed by atoms with Crippen molar-refractivity contribution in [3.05, 3.63) is 112 Å². The molecule has 4 aromatic carbocycles. The summed E-state index contributed by atoms with van der Waals surface area (Å²) in [6.45, 7) is 9.55. The van der Waals surface area contributed by atoms with E-state index in [2.05, 4.69) is 45.2 Å². The summed E-state index contributed by atoms with van der Waals surface area (Å²) in [7, 11) is -3.46. The summed E-state index contributed by atoms with van der Waals surface area (Å²) >= 11 is 4.26. The maximum absolute atomic E-state index is 13.4. The van der Waals surface area contributed by atoms with Crippen molar-refractivity contribution in [2.75, 3.05) is 6.66 Å². The second-order valence-corrected chi connectivity index (χ2v) is 14.2. The van der Waals surface area contributed by atoms with Gasteiger partial charge in [0.1, 0.15) is 23.0 Å². The minimum atomic E-state index is -3.46. The number of benzene rings is 4. The van der Waals surface area contributed by atoms with E-state index >= 15 is 0 Å². The summed E-state index contributed by atoms with van der Waals surface area (Å²) in [5, 5.41) is 19.6. The van der Waals surface area contributed by atoms with Crippen LogP contribution in [0.2, 0.25) is 0 Å². The van der Waals surface area contributed by atoms with Crippen molar-refractivity contribution in [3.8, 4) is 23.0 Å². The second-order valence-electron chi connectivity index (χ2n) is 9.95. The molecule has 0 atom stereocenters. The van der Waals surface area contributed by atoms with Crippen LogP contribution in [0, 0.1) is 34.8 Å². The monoisotopic (exact) mass is 768 g/mol. The zero-order chi connectivity index (χ0) is 28.5. The predicted octanol–water partition coefficient (Wildman–Crippen LogP) is 9.00. The molecule has 204 valence electrons. The van der Waals surface area contributed by atoms with Crippen LogP contribution in [0.4, 0.5) is 0 Å². The van der Waals surface area contributed by atoms with Gasteiger partial charge in [-0.05, 0) is 179 Å². The van der Waals surface area contributed by atoms with Crippen LogP contribution in [0.5, 0.6) is 23.0 Å². The van der Waals surface area contributed by atoms with Gasteiger partial charge in [-0.3, -0.25) is 0 Å². The van der Waals surface area contributed by atoms with Gasteiger partial charge in [0.05, 0.1) is 13.8 Å². The largest absolute Gasteiger partial charge is 0.507 e. The van der Waals surface area contributed by atoms with E-state index in [0.29, 0.717) is 11.5 Å². The lowest BCUT2D eigenvalue weighted by molar-refractivity contribution is 0.393. The Morgan fingerprint density at radius 2 is 0.974 bits per heavy atom. The van der Waals surface area contributed by atoms with Crippen LogP contribution in [0.15, 0.2) is 60.7 Å². The fourth-order valence-electron chi connectivity index (χ4n) is 4.70. The maximum Gasteiger partial charge on any atom is 0.427 e. The van der Waals surface area contributed by atoms with Crippen molar-refractivity contribution in [1.29, 1.82) is 0 Å². The van der Waals surface area contributed by atoms with Crippen LogP contribution >= 0.6 is 52.8 Å². The molecular weight excluding hydrogens is 737 g/mol. The SMILES string of the molecule is Cc1cc(OP(C)(=O)Oc2cc(C)c(Cc3ccc(O)c(I)c3)c(C)c2)cc(C)c1Cc1ccc(O)c(I)c1. The van der Waals surface area contributed by atoms with E-state index in [1.807, 2.05) is 76.2 Å². The Kier molecular flexibility index (Phi) is 9.23. The molecule has 5 nitrogen and oxygen atoms in total. The number of rotatable bonds is 8. The van der Waals surface area contributed by atoms with Crippen molar-refractivity contribution >= 4 is 52.8 Å². The summed E-state index contributed by atoms with van der Waals surface area (Å²) in [6, 6.07) is 18.8. The van der Waals surface area contributed by atoms with Gasteiger partial charge in [-0.2, -0.15) is 0 Å². The number of aromatic hydroxyl groups is 2. The topological polar surface area (TPSA) is 76.0 Å². The number of aryl methyl sites for hydroxylation is 4. The Balaban J connectivity index is 1.49. The first-order valence-electron chi connectivity index (χ1n) is 12.4. The number of phenolic OH excluding ortho intramolecular Hbond substituents is 2. The van der Waals surface area contributed by atoms with Crippen LogP contribution in [0.3, 0.4) is 0 Å². The van der Waals surface area contributed by atoms with Crippen LogP contribution in [-0.4, -0.2) is 16.9 Å². The molecule has 0 saturated heterocycles. The minimum absolute atomic E-state index is 0.280. The molecule has 0 heterocycles. The third kappa shape index (κ3) is 7.50. The quantitative estimate of drug-likeness (QED) is 0.138. The number of phenols is 2. The molecule has 0 amide bonds. The first-order valence-corrected chi connectivity index (χ1v) is 16.6. The lowest BCUT2D eigenvalue weighted by Crippen LogP contribution is -2.03. The fraction of sp³-hybridized carbons (Fsp3) is 0.226. The van der Waals surface area contributed by atoms with Gasteiger partial charge in [-0.1, -0.05) is 12.1 Å². The van der Waals surface area contributed by atoms with E-state index in [-0.39, 0.29) is 11.5 Å². The number of hydrogen-bond donors (Lipinski definition) is 2. The molecule has 0 aliphatic rings. The molecule has 4 rings (SSSR count). The lowest BCUT2D eigenvalue weighted by atomic mass is 9.96. The molecule has 0 radical (unpaired) electrons. The Labute approximate surface area is 257 Å². The number of hydrogen-bond acceptors (Lipinski definition) is 5. The van der Waals surface area contributed by atoms with Crippen molar-refractivity contribution in [3.63, 3.8) is 0 Å². The van der Waals surface area contributed by atoms with Gasteiger partial charge in [0.25, 0.3) is 0 Å². The van der Waals surface area contributed by atoms with Gasteiger partial charge >= 0.3 is 7.60 Å². The highest BCUT2D eigenvalue weighted by atomic mass is 127. The molecule has 8 heteroatoms. The van der Waals surface area contributed by atoms with Crippen LogP contribution in [0.1, 0.15) is 44.5 Å². The van der Waals surface area contributed by atoms with Crippen molar-refractivity contribution in [1.82, 2.24) is 0 Å². The van der Waals surface area contributed by atoms with Crippen LogP contribution in [-0.2, 0) is 17.4 Å². The average Bonchev–Trinajstić information content (AvgIpc) is 2.82. The fourth-order valence-corrected chi connectivity index (χ4v) is 6.87. The van der Waals surface area contributed by atoms with E-state index in [0.717, 1.165) is 53.4 Å². The van der Waals surface area contributed by atoms with Crippen molar-refractivity contribution < 1.29 is 23.8 Å². The predicted molar refractivity (Wildman–Crippen MR) is 174 cm³/mol. The normalized spacial score (nSPS) is 11.5. The summed E-state index contributed by atoms with van der Waals surface area (Å²) < 4.78 is 26.9. The zero-order valence-corrected chi connectivity index (χ0v) is 27.7. The van der Waals surface area contributed by atoms with E-state index < -0.39 is 7.60 Å². The molecule has 39 heavy (non-hydrogen) atoms. The maximum atomic E-state index is 13.4. The summed E-state index contributed by atoms with van der Waals surface area (Å²) in [5.74, 6) is 1.57. The molecule has 2 N–H and O–H groups in total. The highest BCUT2D eigenvalue weighted by molar-refractivity contribution is 14.1. The minimum Gasteiger partial charge on any atom is -0.507 e. The van der Waals surface area contributed by atoms with Crippen LogP contribution < -0.4 is 9.05 Å². The molecule has 0 aliphatic heterocycles. The van der Waals surface area contributed by atoms with Gasteiger partial charge in [0.15, 0.2) is 0 Å². The Morgan fingerprint density at radius 3 is 1.28 bits per heavy atom. The summed E-state index contributed by atoms with van der Waals surface area (Å²) in [4.78, 5) is 0. The van der Waals surface area contributed by atoms with Gasteiger partial charge in [-0.25, -0.2) is 4.57 Å². The van der Waals surface area contributed by atoms with Crippen molar-refractivity contribution in [2.24, 2.45) is 0 Å². The Hall–Kier alpha value is -2.23. The zero-order valence-electron chi connectivity index (χ0n) is 22.5. The summed E-state index contributed by atoms with van der Waals surface area (Å²) in [5.41, 5.74) is 8.69. The highest BCUT2D eigenvalue weighted by Gasteiger charge is 2.23. The molecule has 0 fully saturated rings. The van der Waals surface area contributed by atoms with Gasteiger partial charge in [-0.15, -0.1) is 0 Å². The van der Waals surface area contributed by atoms with E-state index in [1.165, 1.54) is 17.8 Å². The third-order valence-electron chi connectivity index (χ3n) is 6.67. The molecule has 4 aromatic rings. The summed E-state index contributed by atoms with van der Waals surface area (Å²) in [6.07, 6.45) is 1.45. The van der Waals surface area contributed by atoms with E-state index in [9.17, 15) is 14.8 Å². The second kappa shape index (κ2) is 12.1. The van der Waals surface area contributed by atoms with Crippen molar-refractivity contribution in [2.45, 2.75) is 40.5 Å². The lowest BCUT2D eigenvalue weighted by Gasteiger charge is -2.20. The number of halogens is 2. The van der Waals surface area contributed by atoms with E-state index in [1.54, 1.807) is 12.1 Å². The van der Waals surface area contributed by atoms with Gasteiger partial charge in [0, 0.05) is 0 Å². The van der Waals surface area contributed by atoms with Crippen LogP contribution in [0.25, 0.3) is 0 Å². The Morgan fingerprint density at radius 1 is 0.641 bits per heavy atom. The van der Waals surface area contributed by atoms with Gasteiger partial charge < -0.3 is 19.3 Å². The molecule has 0 aromatic heterocycles. The molecule has 0 unspecified atom stereocenters. The molecule has 0 bridgehead atoms. The molecule has 0 aliphatic carbocycles. The highest BCUT2D eigenvalue weighted by Crippen LogP contribution is 2.46. The molecule has 0 saturated carbocycles. The molecule has 0 spiro atoms. The Bertz CT molecular complexity index is 1440.